The number of benzene rings is 3. The number of halogens is 1. The standard InChI is InChI=1S/C22H20ClNOS/c1-2-16-5-11-20(12-6-16)24-22(25)18-7-3-17(4-8-18)15-26-21-13-9-19(23)10-14-21/h3-14H,2,15H2,1H3,(H,24,25). The molecule has 4 heteroatoms. The van der Waals surface area contributed by atoms with Gasteiger partial charge in [0.2, 0.25) is 0 Å². The van der Waals surface area contributed by atoms with Gasteiger partial charge in [-0.3, -0.25) is 4.79 Å². The number of rotatable bonds is 6. The summed E-state index contributed by atoms with van der Waals surface area (Å²) in [6, 6.07) is 23.5. The van der Waals surface area contributed by atoms with Crippen molar-refractivity contribution in [2.75, 3.05) is 5.32 Å². The zero-order valence-corrected chi connectivity index (χ0v) is 16.1. The summed E-state index contributed by atoms with van der Waals surface area (Å²) in [4.78, 5) is 13.5. The fourth-order valence-corrected chi connectivity index (χ4v) is 3.46. The van der Waals surface area contributed by atoms with Gasteiger partial charge < -0.3 is 5.32 Å². The number of amides is 1. The summed E-state index contributed by atoms with van der Waals surface area (Å²) >= 11 is 7.65. The molecule has 0 radical (unpaired) electrons. The van der Waals surface area contributed by atoms with E-state index in [0.717, 1.165) is 22.9 Å². The molecular formula is C22H20ClNOS. The monoisotopic (exact) mass is 381 g/mol. The van der Waals surface area contributed by atoms with Crippen LogP contribution < -0.4 is 5.32 Å². The first-order valence-electron chi connectivity index (χ1n) is 8.51. The first-order chi connectivity index (χ1) is 12.6. The fourth-order valence-electron chi connectivity index (χ4n) is 2.48. The molecule has 0 aliphatic carbocycles. The molecule has 3 rings (SSSR count). The minimum Gasteiger partial charge on any atom is -0.322 e. The van der Waals surface area contributed by atoms with Gasteiger partial charge in [0.25, 0.3) is 5.91 Å². The van der Waals surface area contributed by atoms with E-state index >= 15 is 0 Å². The molecule has 3 aromatic carbocycles. The van der Waals surface area contributed by atoms with Crippen molar-refractivity contribution in [1.29, 1.82) is 0 Å². The van der Waals surface area contributed by atoms with Gasteiger partial charge in [-0.25, -0.2) is 0 Å². The van der Waals surface area contributed by atoms with Gasteiger partial charge in [0.15, 0.2) is 0 Å². The number of aryl methyl sites for hydroxylation is 1. The normalized spacial score (nSPS) is 10.5. The summed E-state index contributed by atoms with van der Waals surface area (Å²) in [7, 11) is 0. The maximum Gasteiger partial charge on any atom is 0.255 e. The molecule has 26 heavy (non-hydrogen) atoms. The van der Waals surface area contributed by atoms with Crippen LogP contribution >= 0.6 is 23.4 Å². The Morgan fingerprint density at radius 1 is 0.885 bits per heavy atom. The lowest BCUT2D eigenvalue weighted by Crippen LogP contribution is -2.11. The van der Waals surface area contributed by atoms with Gasteiger partial charge in [0.05, 0.1) is 0 Å². The SMILES string of the molecule is CCc1ccc(NC(=O)c2ccc(CSc3ccc(Cl)cc3)cc2)cc1. The van der Waals surface area contributed by atoms with Crippen LogP contribution in [0.2, 0.25) is 5.02 Å². The molecule has 0 atom stereocenters. The molecule has 0 aromatic heterocycles. The van der Waals surface area contributed by atoms with Gasteiger partial charge in [0.1, 0.15) is 0 Å². The van der Waals surface area contributed by atoms with Crippen molar-refractivity contribution in [1.82, 2.24) is 0 Å². The minimum atomic E-state index is -0.0915. The van der Waals surface area contributed by atoms with E-state index in [0.29, 0.717) is 5.56 Å². The van der Waals surface area contributed by atoms with Gasteiger partial charge in [-0.05, 0) is 66.1 Å². The summed E-state index contributed by atoms with van der Waals surface area (Å²) in [5.74, 6) is 0.758. The highest BCUT2D eigenvalue weighted by atomic mass is 35.5. The number of carbonyl (C=O) groups excluding carboxylic acids is 1. The van der Waals surface area contributed by atoms with Crippen LogP contribution in [-0.2, 0) is 12.2 Å². The van der Waals surface area contributed by atoms with Gasteiger partial charge in [-0.1, -0.05) is 42.8 Å². The van der Waals surface area contributed by atoms with E-state index in [1.165, 1.54) is 16.0 Å². The van der Waals surface area contributed by atoms with Crippen LogP contribution in [0.15, 0.2) is 77.7 Å². The molecule has 0 heterocycles. The largest absolute Gasteiger partial charge is 0.322 e. The highest BCUT2D eigenvalue weighted by Crippen LogP contribution is 2.24. The average molecular weight is 382 g/mol. The van der Waals surface area contributed by atoms with Crippen LogP contribution in [0.1, 0.15) is 28.4 Å². The smallest absolute Gasteiger partial charge is 0.255 e. The van der Waals surface area contributed by atoms with Gasteiger partial charge in [-0.15, -0.1) is 11.8 Å². The molecule has 1 N–H and O–H groups in total. The van der Waals surface area contributed by atoms with Crippen molar-refractivity contribution >= 4 is 35.0 Å². The van der Waals surface area contributed by atoms with Crippen molar-refractivity contribution in [3.05, 3.63) is 94.5 Å². The quantitative estimate of drug-likeness (QED) is 0.497. The predicted octanol–water partition coefficient (Wildman–Crippen LogP) is 6.45. The molecule has 0 fully saturated rings. The molecule has 1 amide bonds. The van der Waals surface area contributed by atoms with Crippen LogP contribution in [-0.4, -0.2) is 5.91 Å². The van der Waals surface area contributed by atoms with Crippen LogP contribution in [0.4, 0.5) is 5.69 Å². The molecule has 0 unspecified atom stereocenters. The highest BCUT2D eigenvalue weighted by molar-refractivity contribution is 7.98. The number of thioether (sulfide) groups is 1. The molecular weight excluding hydrogens is 362 g/mol. The second kappa shape index (κ2) is 8.93. The second-order valence-corrected chi connectivity index (χ2v) is 7.43. The van der Waals surface area contributed by atoms with E-state index in [9.17, 15) is 4.79 Å². The van der Waals surface area contributed by atoms with E-state index in [1.807, 2.05) is 72.8 Å². The van der Waals surface area contributed by atoms with Gasteiger partial charge >= 0.3 is 0 Å². The third-order valence-corrected chi connectivity index (χ3v) is 5.39. The topological polar surface area (TPSA) is 29.1 Å². The molecule has 2 nitrogen and oxygen atoms in total. The molecule has 0 saturated carbocycles. The van der Waals surface area contributed by atoms with Gasteiger partial charge in [-0.2, -0.15) is 0 Å². The van der Waals surface area contributed by atoms with E-state index in [1.54, 1.807) is 11.8 Å². The Hall–Kier alpha value is -2.23. The van der Waals surface area contributed by atoms with Crippen LogP contribution in [0, 0.1) is 0 Å². The lowest BCUT2D eigenvalue weighted by Gasteiger charge is -2.07. The summed E-state index contributed by atoms with van der Waals surface area (Å²) in [6.07, 6.45) is 0.990. The van der Waals surface area contributed by atoms with E-state index in [-0.39, 0.29) is 5.91 Å². The Labute approximate surface area is 163 Å². The summed E-state index contributed by atoms with van der Waals surface area (Å²) in [5, 5.41) is 3.68. The van der Waals surface area contributed by atoms with Crippen molar-refractivity contribution in [3.8, 4) is 0 Å². The van der Waals surface area contributed by atoms with Crippen LogP contribution in [0.25, 0.3) is 0 Å². The number of nitrogens with one attached hydrogen (secondary N) is 1. The third-order valence-electron chi connectivity index (χ3n) is 4.06. The Kier molecular flexibility index (Phi) is 6.37. The lowest BCUT2D eigenvalue weighted by atomic mass is 10.1. The molecule has 3 aromatic rings. The second-order valence-electron chi connectivity index (χ2n) is 5.94. The van der Waals surface area contributed by atoms with Crippen molar-refractivity contribution in [2.45, 2.75) is 24.0 Å². The number of hydrogen-bond donors (Lipinski definition) is 1. The Balaban J connectivity index is 1.57. The number of anilines is 1. The highest BCUT2D eigenvalue weighted by Gasteiger charge is 2.06. The van der Waals surface area contributed by atoms with Crippen molar-refractivity contribution < 1.29 is 4.79 Å². The maximum absolute atomic E-state index is 12.4. The molecule has 0 aliphatic heterocycles. The lowest BCUT2D eigenvalue weighted by molar-refractivity contribution is 0.102. The van der Waals surface area contributed by atoms with E-state index in [4.69, 9.17) is 11.6 Å². The molecule has 0 aliphatic rings. The Bertz CT molecular complexity index is 858. The number of hydrogen-bond acceptors (Lipinski definition) is 2. The summed E-state index contributed by atoms with van der Waals surface area (Å²) in [5.41, 5.74) is 3.90. The van der Waals surface area contributed by atoms with Crippen molar-refractivity contribution in [3.63, 3.8) is 0 Å². The minimum absolute atomic E-state index is 0.0915. The Morgan fingerprint density at radius 3 is 2.12 bits per heavy atom. The van der Waals surface area contributed by atoms with Gasteiger partial charge in [0, 0.05) is 26.9 Å². The van der Waals surface area contributed by atoms with Crippen LogP contribution in [0.3, 0.4) is 0 Å². The molecule has 0 spiro atoms. The number of carbonyl (C=O) groups is 1. The maximum atomic E-state index is 12.4. The molecule has 0 saturated heterocycles. The predicted molar refractivity (Wildman–Crippen MR) is 111 cm³/mol. The first kappa shape index (κ1) is 18.6. The summed E-state index contributed by atoms with van der Waals surface area (Å²) in [6.45, 7) is 2.11. The van der Waals surface area contributed by atoms with Crippen molar-refractivity contribution in [2.24, 2.45) is 0 Å². The Morgan fingerprint density at radius 2 is 1.50 bits per heavy atom. The van der Waals surface area contributed by atoms with E-state index < -0.39 is 0 Å². The molecule has 132 valence electrons. The first-order valence-corrected chi connectivity index (χ1v) is 9.88. The van der Waals surface area contributed by atoms with Crippen LogP contribution in [0.5, 0.6) is 0 Å². The zero-order valence-electron chi connectivity index (χ0n) is 14.5. The van der Waals surface area contributed by atoms with E-state index in [2.05, 4.69) is 12.2 Å². The summed E-state index contributed by atoms with van der Waals surface area (Å²) < 4.78 is 0. The molecule has 0 bridgehead atoms. The fraction of sp³-hybridized carbons (Fsp3) is 0.136. The third kappa shape index (κ3) is 5.13. The average Bonchev–Trinajstić information content (AvgIpc) is 2.68. The zero-order chi connectivity index (χ0) is 18.4.